The molecule has 0 aliphatic heterocycles. The first-order chi connectivity index (χ1) is 37.8. The van der Waals surface area contributed by atoms with Crippen molar-refractivity contribution in [2.24, 2.45) is 0 Å². The van der Waals surface area contributed by atoms with E-state index < -0.39 is 290 Å². The average molecular weight is 677 g/mol. The third kappa shape index (κ3) is 4.28. The zero-order valence-electron chi connectivity index (χ0n) is 55.4. The third-order valence-electron chi connectivity index (χ3n) is 8.51. The standard InChI is InChI=1S/C50H30O/c1-2-12-32-27-37(24-23-31(32)11-1)48-41-16-5-7-18-43(41)49(44-19-8-6-17-42(44)48)40-21-9-15-35-28-36(25-26-38(35)40)39-20-10-22-46-50(39)45-29-33-13-3-4-14-34(33)30-47(45)51-46/h1-30H/i1D,2D,3D,4D,5D,6D,7D,8D,9D,10D,11D,12D,13D,14D,15D,16D,17D,18D,19D,20D,21D,22D,23D,24D,25D,26D,27D,28D,29D,30D. The predicted octanol–water partition coefficient (Wildman–Crippen LogP) is 14.4. The number of furan rings is 1. The molecule has 0 N–H and O–H groups in total. The average Bonchev–Trinajstić information content (AvgIpc) is 3.28. The Bertz CT molecular complexity index is 4850. The Balaban J connectivity index is 1.39. The van der Waals surface area contributed by atoms with E-state index in [0.29, 0.717) is 0 Å². The van der Waals surface area contributed by atoms with Crippen LogP contribution in [-0.4, -0.2) is 0 Å². The summed E-state index contributed by atoms with van der Waals surface area (Å²) in [6.45, 7) is 0. The molecule has 1 aromatic heterocycles. The zero-order valence-corrected chi connectivity index (χ0v) is 25.4. The van der Waals surface area contributed by atoms with Crippen LogP contribution >= 0.6 is 0 Å². The largest absolute Gasteiger partial charge is 0.456 e. The van der Waals surface area contributed by atoms with Gasteiger partial charge >= 0.3 is 0 Å². The molecule has 1 nitrogen and oxygen atoms in total. The van der Waals surface area contributed by atoms with Gasteiger partial charge in [-0.15, -0.1) is 0 Å². The van der Waals surface area contributed by atoms with Gasteiger partial charge in [0.25, 0.3) is 0 Å². The van der Waals surface area contributed by atoms with Crippen molar-refractivity contribution in [2.75, 3.05) is 0 Å². The summed E-state index contributed by atoms with van der Waals surface area (Å²) in [6, 6.07) is -28.1. The molecule has 11 aromatic rings. The molecule has 0 saturated carbocycles. The van der Waals surface area contributed by atoms with Gasteiger partial charge in [0.2, 0.25) is 0 Å². The molecule has 0 aliphatic rings. The first-order valence-corrected chi connectivity index (χ1v) is 15.2. The molecule has 0 amide bonds. The highest BCUT2D eigenvalue weighted by molar-refractivity contribution is 6.24. The maximum absolute atomic E-state index is 9.89. The minimum absolute atomic E-state index is 0.470. The van der Waals surface area contributed by atoms with Gasteiger partial charge < -0.3 is 4.42 Å². The van der Waals surface area contributed by atoms with Crippen molar-refractivity contribution >= 4 is 75.8 Å². The first kappa shape index (κ1) is 11.7. The van der Waals surface area contributed by atoms with Crippen LogP contribution in [0, 0.1) is 0 Å². The molecule has 0 spiro atoms. The number of hydrogen-bond acceptors (Lipinski definition) is 1. The minimum Gasteiger partial charge on any atom is -0.456 e. The Hall–Kier alpha value is -6.70. The molecule has 11 rings (SSSR count). The molecular formula is C50H30O. The highest BCUT2D eigenvalue weighted by Crippen LogP contribution is 2.46. The number of benzene rings is 10. The molecule has 0 radical (unpaired) electrons. The van der Waals surface area contributed by atoms with Crippen LogP contribution in [0.15, 0.2) is 186 Å². The van der Waals surface area contributed by atoms with Gasteiger partial charge in [-0.2, -0.15) is 0 Å². The molecule has 0 atom stereocenters. The van der Waals surface area contributed by atoms with Crippen molar-refractivity contribution in [1.29, 1.82) is 0 Å². The van der Waals surface area contributed by atoms with E-state index >= 15 is 0 Å². The van der Waals surface area contributed by atoms with E-state index in [0.717, 1.165) is 0 Å². The Morgan fingerprint density at radius 2 is 0.863 bits per heavy atom. The normalized spacial score (nSPS) is 20.2. The fourth-order valence-corrected chi connectivity index (χ4v) is 6.35. The van der Waals surface area contributed by atoms with Crippen LogP contribution in [0.25, 0.3) is 109 Å². The van der Waals surface area contributed by atoms with E-state index in [-0.39, 0.29) is 0 Å². The molecule has 0 fully saturated rings. The molecule has 1 heterocycles. The van der Waals surface area contributed by atoms with E-state index in [1.165, 1.54) is 0 Å². The molecule has 51 heavy (non-hydrogen) atoms. The summed E-state index contributed by atoms with van der Waals surface area (Å²) >= 11 is 0. The van der Waals surface area contributed by atoms with Crippen LogP contribution in [0.2, 0.25) is 0 Å². The summed E-state index contributed by atoms with van der Waals surface area (Å²) in [6.07, 6.45) is 0. The molecule has 0 unspecified atom stereocenters. The van der Waals surface area contributed by atoms with Crippen molar-refractivity contribution in [2.45, 2.75) is 0 Å². The summed E-state index contributed by atoms with van der Waals surface area (Å²) in [4.78, 5) is 0. The van der Waals surface area contributed by atoms with Crippen molar-refractivity contribution < 1.29 is 45.5 Å². The molecular weight excluding hydrogens is 617 g/mol. The van der Waals surface area contributed by atoms with Crippen LogP contribution in [0.1, 0.15) is 41.1 Å². The third-order valence-corrected chi connectivity index (χ3v) is 8.51. The van der Waals surface area contributed by atoms with Crippen LogP contribution in [-0.2, 0) is 0 Å². The Morgan fingerprint density at radius 3 is 1.61 bits per heavy atom. The summed E-state index contributed by atoms with van der Waals surface area (Å²) in [5.41, 5.74) is -5.89. The topological polar surface area (TPSA) is 13.1 Å². The first-order valence-electron chi connectivity index (χ1n) is 30.2. The van der Waals surface area contributed by atoms with Crippen LogP contribution < -0.4 is 0 Å². The minimum atomic E-state index is -1.09. The Labute approximate surface area is 336 Å². The highest BCUT2D eigenvalue weighted by Gasteiger charge is 2.19. The molecule has 236 valence electrons. The molecule has 10 aromatic carbocycles. The Kier molecular flexibility index (Phi) is 2.50. The van der Waals surface area contributed by atoms with E-state index in [2.05, 4.69) is 0 Å². The van der Waals surface area contributed by atoms with Gasteiger partial charge in [-0.25, -0.2) is 0 Å². The quantitative estimate of drug-likeness (QED) is 0.170. The maximum Gasteiger partial charge on any atom is 0.136 e. The lowest BCUT2D eigenvalue weighted by molar-refractivity contribution is 0.669. The Morgan fingerprint density at radius 1 is 0.314 bits per heavy atom. The number of rotatable bonds is 3. The summed E-state index contributed by atoms with van der Waals surface area (Å²) in [7, 11) is 0. The second kappa shape index (κ2) is 10.9. The van der Waals surface area contributed by atoms with Crippen molar-refractivity contribution in [3.63, 3.8) is 0 Å². The van der Waals surface area contributed by atoms with Gasteiger partial charge in [-0.1, -0.05) is 151 Å². The SMILES string of the molecule is [2H]c1c([2H])c(-c2c([2H])c([2H])c3c(-c4c5c([2H])c([2H])c([2H])c([2H])c5c(-c5c([2H])c([2H])c6c([2H])c([2H])c([2H])c([2H])c6c5[2H])c5c([2H])c([2H])c([2H])c([2H])c45)c([2H])c([2H])c([2H])c3c2[2H])c2c(oc3c([2H])c4c([2H])c([2H])c([2H])c([2H])c4c([2H])c32)c1[2H]. The summed E-state index contributed by atoms with van der Waals surface area (Å²) < 4.78 is 279. The molecule has 0 bridgehead atoms. The summed E-state index contributed by atoms with van der Waals surface area (Å²) in [5, 5.41) is -7.95. The highest BCUT2D eigenvalue weighted by atomic mass is 16.3. The number of hydrogen-bond donors (Lipinski definition) is 0. The lowest BCUT2D eigenvalue weighted by atomic mass is 9.84. The van der Waals surface area contributed by atoms with Crippen LogP contribution in [0.3, 0.4) is 0 Å². The molecule has 0 saturated heterocycles. The maximum atomic E-state index is 9.89. The van der Waals surface area contributed by atoms with Crippen molar-refractivity contribution in [3.8, 4) is 33.4 Å². The zero-order chi connectivity index (χ0) is 59.6. The number of fused-ring (bicyclic) bond motifs is 8. The predicted molar refractivity (Wildman–Crippen MR) is 218 cm³/mol. The van der Waals surface area contributed by atoms with E-state index in [1.807, 2.05) is 0 Å². The van der Waals surface area contributed by atoms with Gasteiger partial charge in [-0.3, -0.25) is 0 Å². The van der Waals surface area contributed by atoms with E-state index in [9.17, 15) is 19.2 Å². The van der Waals surface area contributed by atoms with E-state index in [1.54, 1.807) is 0 Å². The monoisotopic (exact) mass is 676 g/mol. The lowest BCUT2D eigenvalue weighted by Crippen LogP contribution is -1.92. The van der Waals surface area contributed by atoms with Gasteiger partial charge in [0.15, 0.2) is 0 Å². The van der Waals surface area contributed by atoms with Gasteiger partial charge in [0.1, 0.15) is 11.2 Å². The van der Waals surface area contributed by atoms with Crippen LogP contribution in [0.5, 0.6) is 0 Å². The fraction of sp³-hybridized carbons (Fsp3) is 0. The molecule has 1 heteroatoms. The van der Waals surface area contributed by atoms with E-state index in [4.69, 9.17) is 26.3 Å². The molecule has 0 aliphatic carbocycles. The van der Waals surface area contributed by atoms with Gasteiger partial charge in [0.05, 0.1) is 41.1 Å². The summed E-state index contributed by atoms with van der Waals surface area (Å²) in [5.74, 6) is 0. The van der Waals surface area contributed by atoms with Crippen molar-refractivity contribution in [3.05, 3.63) is 181 Å². The van der Waals surface area contributed by atoms with Crippen LogP contribution in [0.4, 0.5) is 0 Å². The lowest BCUT2D eigenvalue weighted by Gasteiger charge is -2.19. The van der Waals surface area contributed by atoms with Crippen molar-refractivity contribution in [1.82, 2.24) is 0 Å². The second-order valence-corrected chi connectivity index (χ2v) is 11.3. The smallest absolute Gasteiger partial charge is 0.136 e. The van der Waals surface area contributed by atoms with Gasteiger partial charge in [0, 0.05) is 10.8 Å². The second-order valence-electron chi connectivity index (χ2n) is 11.3. The fourth-order valence-electron chi connectivity index (χ4n) is 6.35. The van der Waals surface area contributed by atoms with Gasteiger partial charge in [-0.05, 0) is 117 Å².